The molecule has 2 aromatic rings. The molecule has 7 heteroatoms. The molecule has 1 aliphatic heterocycles. The number of carbonyl (C=O) groups excluding carboxylic acids is 1. The number of carbonyl (C=O) groups is 1. The van der Waals surface area contributed by atoms with Gasteiger partial charge in [0.15, 0.2) is 0 Å². The average molecular weight is 380 g/mol. The Balaban J connectivity index is 1.64. The quantitative estimate of drug-likeness (QED) is 0.824. The molecular weight excluding hydrogens is 358 g/mol. The maximum Gasteiger partial charge on any atom is 0.267 e. The van der Waals surface area contributed by atoms with Crippen molar-refractivity contribution in [1.82, 2.24) is 9.88 Å². The third kappa shape index (κ3) is 4.51. The summed E-state index contributed by atoms with van der Waals surface area (Å²) in [4.78, 5) is 20.2. The van der Waals surface area contributed by atoms with Crippen molar-refractivity contribution in [2.24, 2.45) is 0 Å². The lowest BCUT2D eigenvalue weighted by Crippen LogP contribution is -2.21. The highest BCUT2D eigenvalue weighted by atomic mass is 35.5. The van der Waals surface area contributed by atoms with E-state index in [1.807, 2.05) is 6.92 Å². The van der Waals surface area contributed by atoms with Gasteiger partial charge in [-0.1, -0.05) is 11.6 Å². The van der Waals surface area contributed by atoms with Crippen molar-refractivity contribution in [2.45, 2.75) is 26.2 Å². The first kappa shape index (κ1) is 18.2. The zero-order chi connectivity index (χ0) is 17.8. The normalized spacial score (nSPS) is 14.7. The molecule has 1 aliphatic rings. The number of benzene rings is 1. The molecule has 1 saturated heterocycles. The van der Waals surface area contributed by atoms with E-state index in [4.69, 9.17) is 16.3 Å². The molecule has 2 heterocycles. The average Bonchev–Trinajstić information content (AvgIpc) is 3.22. The number of rotatable bonds is 6. The number of nitrogens with zero attached hydrogens (tertiary/aromatic N) is 2. The predicted octanol–water partition coefficient (Wildman–Crippen LogP) is 4.00. The first-order valence-corrected chi connectivity index (χ1v) is 9.60. The van der Waals surface area contributed by atoms with Crippen LogP contribution in [0.1, 0.15) is 33.2 Å². The molecule has 134 valence electrons. The highest BCUT2D eigenvalue weighted by molar-refractivity contribution is 7.13. The molecule has 1 N–H and O–H groups in total. The number of nitrogens with one attached hydrogen (secondary N) is 1. The molecule has 1 amide bonds. The molecule has 1 aromatic heterocycles. The molecule has 0 atom stereocenters. The Bertz CT molecular complexity index is 757. The summed E-state index contributed by atoms with van der Waals surface area (Å²) in [7, 11) is 1.56. The molecule has 1 aromatic carbocycles. The number of amides is 1. The number of likely N-dealkylation sites (tertiary alicyclic amines) is 1. The van der Waals surface area contributed by atoms with E-state index in [2.05, 4.69) is 15.2 Å². The summed E-state index contributed by atoms with van der Waals surface area (Å²) in [5.41, 5.74) is 1.42. The van der Waals surface area contributed by atoms with Crippen LogP contribution in [0.5, 0.6) is 5.75 Å². The summed E-state index contributed by atoms with van der Waals surface area (Å²) in [6, 6.07) is 5.19. The molecule has 5 nitrogen and oxygen atoms in total. The number of halogens is 1. The van der Waals surface area contributed by atoms with Crippen LogP contribution in [0.15, 0.2) is 18.2 Å². The van der Waals surface area contributed by atoms with E-state index in [-0.39, 0.29) is 5.91 Å². The van der Waals surface area contributed by atoms with Crippen LogP contribution in [-0.4, -0.2) is 42.5 Å². The van der Waals surface area contributed by atoms with Crippen molar-refractivity contribution in [2.75, 3.05) is 32.1 Å². The smallest absolute Gasteiger partial charge is 0.267 e. The van der Waals surface area contributed by atoms with Crippen molar-refractivity contribution in [3.8, 4) is 5.75 Å². The van der Waals surface area contributed by atoms with Crippen molar-refractivity contribution in [3.05, 3.63) is 38.8 Å². The number of thiazole rings is 1. The second-order valence-corrected chi connectivity index (χ2v) is 7.62. The number of aromatic nitrogens is 1. The minimum Gasteiger partial charge on any atom is -0.495 e. The number of ether oxygens (including phenoxy) is 1. The van der Waals surface area contributed by atoms with Gasteiger partial charge in [-0.15, -0.1) is 11.3 Å². The van der Waals surface area contributed by atoms with Crippen molar-refractivity contribution < 1.29 is 9.53 Å². The minimum atomic E-state index is -0.149. The van der Waals surface area contributed by atoms with Gasteiger partial charge < -0.3 is 15.0 Å². The molecule has 0 radical (unpaired) electrons. The van der Waals surface area contributed by atoms with Crippen LogP contribution < -0.4 is 10.1 Å². The third-order valence-corrected chi connectivity index (χ3v) is 5.81. The van der Waals surface area contributed by atoms with E-state index in [1.54, 1.807) is 25.3 Å². The summed E-state index contributed by atoms with van der Waals surface area (Å²) >= 11 is 7.58. The molecule has 0 spiro atoms. The highest BCUT2D eigenvalue weighted by Crippen LogP contribution is 2.28. The van der Waals surface area contributed by atoms with Crippen molar-refractivity contribution in [3.63, 3.8) is 0 Å². The van der Waals surface area contributed by atoms with Crippen LogP contribution in [-0.2, 0) is 6.42 Å². The third-order valence-electron chi connectivity index (χ3n) is 4.30. The second-order valence-electron chi connectivity index (χ2n) is 6.12. The molecule has 1 fully saturated rings. The van der Waals surface area contributed by atoms with E-state index in [9.17, 15) is 4.79 Å². The van der Waals surface area contributed by atoms with Gasteiger partial charge >= 0.3 is 0 Å². The molecular formula is C18H22ClN3O2S. The Labute approximate surface area is 157 Å². The van der Waals surface area contributed by atoms with Crippen LogP contribution in [0.3, 0.4) is 0 Å². The van der Waals surface area contributed by atoms with E-state index in [1.165, 1.54) is 37.3 Å². The Morgan fingerprint density at radius 3 is 2.84 bits per heavy atom. The van der Waals surface area contributed by atoms with Crippen molar-refractivity contribution in [1.29, 1.82) is 0 Å². The fourth-order valence-electron chi connectivity index (χ4n) is 2.96. The fraction of sp³-hybridized carbons (Fsp3) is 0.444. The van der Waals surface area contributed by atoms with Crippen LogP contribution in [0.4, 0.5) is 5.69 Å². The summed E-state index contributed by atoms with van der Waals surface area (Å²) in [5.74, 6) is 0.432. The lowest BCUT2D eigenvalue weighted by Gasteiger charge is -2.12. The molecule has 0 aliphatic carbocycles. The van der Waals surface area contributed by atoms with Crippen LogP contribution in [0, 0.1) is 6.92 Å². The molecule has 3 rings (SSSR count). The van der Waals surface area contributed by atoms with E-state index < -0.39 is 0 Å². The van der Waals surface area contributed by atoms with E-state index in [0.29, 0.717) is 21.3 Å². The molecule has 25 heavy (non-hydrogen) atoms. The lowest BCUT2D eigenvalue weighted by molar-refractivity contribution is 0.103. The standard InChI is InChI=1S/C18H22ClN3O2S/c1-12-17(25-16(20-12)7-10-22-8-3-4-9-22)18(23)21-13-5-6-15(24-2)14(19)11-13/h5-6,11H,3-4,7-10H2,1-2H3,(H,21,23). The molecule has 0 bridgehead atoms. The van der Waals surface area contributed by atoms with Gasteiger partial charge in [-0.25, -0.2) is 4.98 Å². The summed E-state index contributed by atoms with van der Waals surface area (Å²) < 4.78 is 5.12. The number of aryl methyl sites for hydroxylation is 1. The van der Waals surface area contributed by atoms with Gasteiger partial charge in [-0.05, 0) is 51.1 Å². The lowest BCUT2D eigenvalue weighted by atomic mass is 10.3. The van der Waals surface area contributed by atoms with Gasteiger partial charge in [0, 0.05) is 18.7 Å². The first-order chi connectivity index (χ1) is 12.1. The van der Waals surface area contributed by atoms with Gasteiger partial charge in [0.2, 0.25) is 0 Å². The van der Waals surface area contributed by atoms with Gasteiger partial charge in [0.05, 0.1) is 22.8 Å². The van der Waals surface area contributed by atoms with Gasteiger partial charge in [0.1, 0.15) is 10.6 Å². The number of methoxy groups -OCH3 is 1. The number of hydrogen-bond donors (Lipinski definition) is 1. The highest BCUT2D eigenvalue weighted by Gasteiger charge is 2.17. The van der Waals surface area contributed by atoms with Gasteiger partial charge in [-0.3, -0.25) is 4.79 Å². The minimum absolute atomic E-state index is 0.149. The Hall–Kier alpha value is -1.63. The fourth-order valence-corrected chi connectivity index (χ4v) is 4.17. The summed E-state index contributed by atoms with van der Waals surface area (Å²) in [5, 5.41) is 4.36. The SMILES string of the molecule is COc1ccc(NC(=O)c2sc(CCN3CCCC3)nc2C)cc1Cl. The van der Waals surface area contributed by atoms with Crippen LogP contribution >= 0.6 is 22.9 Å². The van der Waals surface area contributed by atoms with E-state index in [0.717, 1.165) is 23.7 Å². The maximum atomic E-state index is 12.5. The van der Waals surface area contributed by atoms with Gasteiger partial charge in [0.25, 0.3) is 5.91 Å². The first-order valence-electron chi connectivity index (χ1n) is 8.40. The number of hydrogen-bond acceptors (Lipinski definition) is 5. The summed E-state index contributed by atoms with van der Waals surface area (Å²) in [6.45, 7) is 5.25. The Kier molecular flexibility index (Phi) is 5.93. The molecule has 0 saturated carbocycles. The van der Waals surface area contributed by atoms with E-state index >= 15 is 0 Å². The zero-order valence-electron chi connectivity index (χ0n) is 14.5. The Morgan fingerprint density at radius 1 is 1.40 bits per heavy atom. The van der Waals surface area contributed by atoms with Crippen LogP contribution in [0.2, 0.25) is 5.02 Å². The number of anilines is 1. The van der Waals surface area contributed by atoms with Gasteiger partial charge in [-0.2, -0.15) is 0 Å². The van der Waals surface area contributed by atoms with Crippen LogP contribution in [0.25, 0.3) is 0 Å². The largest absolute Gasteiger partial charge is 0.495 e. The topological polar surface area (TPSA) is 54.5 Å². The van der Waals surface area contributed by atoms with Crippen molar-refractivity contribution >= 4 is 34.5 Å². The monoisotopic (exact) mass is 379 g/mol. The maximum absolute atomic E-state index is 12.5. The Morgan fingerprint density at radius 2 is 2.16 bits per heavy atom. The molecule has 0 unspecified atom stereocenters. The second kappa shape index (κ2) is 8.17. The zero-order valence-corrected chi connectivity index (χ0v) is 16.0. The summed E-state index contributed by atoms with van der Waals surface area (Å²) in [6.07, 6.45) is 3.47. The predicted molar refractivity (Wildman–Crippen MR) is 102 cm³/mol.